The molecule has 0 bridgehead atoms. The van der Waals surface area contributed by atoms with Crippen LogP contribution in [0.2, 0.25) is 0 Å². The maximum Gasteiger partial charge on any atom is 0.354 e. The number of hydrogen-bond donors (Lipinski definition) is 0. The lowest BCUT2D eigenvalue weighted by molar-refractivity contribution is -0.394. The fraction of sp³-hybridized carbons (Fsp3) is 0.176. The highest BCUT2D eigenvalue weighted by atomic mass is 16.6. The van der Waals surface area contributed by atoms with E-state index >= 15 is 0 Å². The zero-order valence-electron chi connectivity index (χ0n) is 24.2. The van der Waals surface area contributed by atoms with Gasteiger partial charge in [-0.1, -0.05) is 72.8 Å². The predicted molar refractivity (Wildman–Crippen MR) is 161 cm³/mol. The van der Waals surface area contributed by atoms with E-state index < -0.39 is 44.1 Å². The van der Waals surface area contributed by atoms with Crippen molar-refractivity contribution >= 4 is 23.3 Å². The highest BCUT2D eigenvalue weighted by Gasteiger charge is 2.73. The summed E-state index contributed by atoms with van der Waals surface area (Å²) in [6.45, 7) is 0.185. The van der Waals surface area contributed by atoms with Crippen LogP contribution >= 0.6 is 0 Å². The third kappa shape index (κ3) is 3.40. The fourth-order valence-corrected chi connectivity index (χ4v) is 7.91. The van der Waals surface area contributed by atoms with Crippen LogP contribution in [0.3, 0.4) is 0 Å². The van der Waals surface area contributed by atoms with Crippen molar-refractivity contribution in [3.05, 3.63) is 150 Å². The van der Waals surface area contributed by atoms with Gasteiger partial charge in [0, 0.05) is 18.7 Å². The standard InChI is InChI=1S/C34H25N3O8/c1-44-31(38)29-30(32(39)45-2)35-16-15-20-9-3-6-12-26(20)34(35,21-17-22(36(40)41)19-23(18-21)37(42)43)33(29)27-13-7-4-10-24(27)25-11-5-8-14-28(25)33/h3-14,17-19H,15-16H2,1-2H3. The number of carbonyl (C=O) groups excluding carboxylic acids is 2. The fourth-order valence-electron chi connectivity index (χ4n) is 7.91. The summed E-state index contributed by atoms with van der Waals surface area (Å²) >= 11 is 0. The largest absolute Gasteiger partial charge is 0.466 e. The summed E-state index contributed by atoms with van der Waals surface area (Å²) in [5, 5.41) is 24.6. The third-order valence-corrected chi connectivity index (χ3v) is 9.30. The molecule has 4 aromatic rings. The summed E-state index contributed by atoms with van der Waals surface area (Å²) in [7, 11) is 2.43. The first-order chi connectivity index (χ1) is 21.7. The number of nitrogens with zero attached hydrogens (tertiary/aromatic N) is 3. The molecule has 1 spiro atoms. The molecule has 2 aliphatic heterocycles. The first kappa shape index (κ1) is 28.0. The molecular formula is C34H25N3O8. The van der Waals surface area contributed by atoms with Gasteiger partial charge in [0.05, 0.1) is 41.1 Å². The van der Waals surface area contributed by atoms with Crippen molar-refractivity contribution in [2.24, 2.45) is 0 Å². The van der Waals surface area contributed by atoms with Crippen LogP contribution in [0.5, 0.6) is 0 Å². The van der Waals surface area contributed by atoms with Gasteiger partial charge in [0.2, 0.25) is 0 Å². The Balaban J connectivity index is 1.80. The number of nitro groups is 2. The molecule has 1 atom stereocenters. The van der Waals surface area contributed by atoms with Crippen LogP contribution in [0.1, 0.15) is 27.8 Å². The van der Waals surface area contributed by atoms with E-state index in [9.17, 15) is 29.8 Å². The van der Waals surface area contributed by atoms with Gasteiger partial charge in [-0.25, -0.2) is 9.59 Å². The monoisotopic (exact) mass is 603 g/mol. The maximum atomic E-state index is 14.3. The molecule has 1 unspecified atom stereocenters. The first-order valence-corrected chi connectivity index (χ1v) is 14.1. The normalized spacial score (nSPS) is 18.5. The van der Waals surface area contributed by atoms with Gasteiger partial charge in [-0.2, -0.15) is 0 Å². The molecule has 7 rings (SSSR count). The van der Waals surface area contributed by atoms with E-state index in [1.807, 2.05) is 72.8 Å². The quantitative estimate of drug-likeness (QED) is 0.171. The van der Waals surface area contributed by atoms with Gasteiger partial charge >= 0.3 is 11.9 Å². The van der Waals surface area contributed by atoms with E-state index in [0.29, 0.717) is 23.1 Å². The summed E-state index contributed by atoms with van der Waals surface area (Å²) < 4.78 is 10.7. The van der Waals surface area contributed by atoms with Gasteiger partial charge in [-0.15, -0.1) is 0 Å². The Morgan fingerprint density at radius 2 is 1.24 bits per heavy atom. The topological polar surface area (TPSA) is 142 Å². The van der Waals surface area contributed by atoms with Gasteiger partial charge in [0.25, 0.3) is 11.4 Å². The van der Waals surface area contributed by atoms with E-state index in [0.717, 1.165) is 22.8 Å². The molecule has 0 radical (unpaired) electrons. The van der Waals surface area contributed by atoms with Crippen molar-refractivity contribution in [3.8, 4) is 11.1 Å². The van der Waals surface area contributed by atoms with Crippen LogP contribution < -0.4 is 0 Å². The number of carbonyl (C=O) groups is 2. The minimum Gasteiger partial charge on any atom is -0.466 e. The van der Waals surface area contributed by atoms with Crippen molar-refractivity contribution in [1.82, 2.24) is 4.90 Å². The minimum absolute atomic E-state index is 0.0138. The molecule has 3 aliphatic rings. The molecule has 224 valence electrons. The van der Waals surface area contributed by atoms with Crippen molar-refractivity contribution in [1.29, 1.82) is 0 Å². The Hall–Kier alpha value is -5.84. The first-order valence-electron chi connectivity index (χ1n) is 14.1. The van der Waals surface area contributed by atoms with Crippen molar-refractivity contribution < 1.29 is 28.9 Å². The van der Waals surface area contributed by atoms with Crippen molar-refractivity contribution in [3.63, 3.8) is 0 Å². The Labute approximate surface area is 256 Å². The van der Waals surface area contributed by atoms with Gasteiger partial charge < -0.3 is 14.4 Å². The number of esters is 2. The number of methoxy groups -OCH3 is 2. The highest BCUT2D eigenvalue weighted by molar-refractivity contribution is 6.08. The number of nitro benzene ring substituents is 2. The summed E-state index contributed by atoms with van der Waals surface area (Å²) in [5.41, 5.74) is 0.230. The van der Waals surface area contributed by atoms with Gasteiger partial charge in [-0.05, 0) is 45.4 Å². The van der Waals surface area contributed by atoms with Crippen LogP contribution in [0, 0.1) is 20.2 Å². The third-order valence-electron chi connectivity index (χ3n) is 9.30. The molecule has 0 N–H and O–H groups in total. The second kappa shape index (κ2) is 9.84. The molecule has 0 aromatic heterocycles. The molecule has 4 aromatic carbocycles. The average molecular weight is 604 g/mol. The molecule has 0 saturated heterocycles. The lowest BCUT2D eigenvalue weighted by atomic mass is 9.54. The molecular weight excluding hydrogens is 578 g/mol. The van der Waals surface area contributed by atoms with Crippen LogP contribution in [0.15, 0.2) is 102 Å². The van der Waals surface area contributed by atoms with Crippen LogP contribution in [-0.2, 0) is 36.4 Å². The van der Waals surface area contributed by atoms with Crippen molar-refractivity contribution in [2.45, 2.75) is 17.4 Å². The van der Waals surface area contributed by atoms with E-state index in [4.69, 9.17) is 9.47 Å². The van der Waals surface area contributed by atoms with Gasteiger partial charge in [0.1, 0.15) is 11.2 Å². The summed E-state index contributed by atoms with van der Waals surface area (Å²) in [4.78, 5) is 53.2. The van der Waals surface area contributed by atoms with E-state index in [2.05, 4.69) is 0 Å². The molecule has 11 heteroatoms. The Morgan fingerprint density at radius 1 is 0.733 bits per heavy atom. The Kier molecular flexibility index (Phi) is 6.12. The van der Waals surface area contributed by atoms with E-state index in [1.54, 1.807) is 4.90 Å². The summed E-state index contributed by atoms with van der Waals surface area (Å²) in [5.74, 6) is -1.61. The number of benzene rings is 4. The van der Waals surface area contributed by atoms with Crippen LogP contribution in [0.25, 0.3) is 11.1 Å². The van der Waals surface area contributed by atoms with Crippen LogP contribution in [0.4, 0.5) is 11.4 Å². The highest BCUT2D eigenvalue weighted by Crippen LogP contribution is 2.70. The maximum absolute atomic E-state index is 14.3. The number of non-ortho nitro benzene ring substituents is 2. The van der Waals surface area contributed by atoms with Crippen LogP contribution in [-0.4, -0.2) is 47.4 Å². The number of hydrogen-bond acceptors (Lipinski definition) is 9. The molecule has 2 heterocycles. The van der Waals surface area contributed by atoms with E-state index in [-0.39, 0.29) is 23.4 Å². The number of fused-ring (bicyclic) bond motifs is 9. The average Bonchev–Trinajstić information content (AvgIpc) is 3.53. The number of rotatable bonds is 5. The smallest absolute Gasteiger partial charge is 0.354 e. The van der Waals surface area contributed by atoms with Gasteiger partial charge in [-0.3, -0.25) is 20.2 Å². The minimum atomic E-state index is -1.62. The lowest BCUT2D eigenvalue weighted by Gasteiger charge is -2.54. The molecule has 0 saturated carbocycles. The lowest BCUT2D eigenvalue weighted by Crippen LogP contribution is -2.59. The Morgan fingerprint density at radius 3 is 1.78 bits per heavy atom. The summed E-state index contributed by atoms with van der Waals surface area (Å²) in [6, 6.07) is 25.9. The molecule has 0 amide bonds. The second-order valence-corrected chi connectivity index (χ2v) is 11.1. The molecule has 11 nitrogen and oxygen atoms in total. The zero-order chi connectivity index (χ0) is 31.7. The zero-order valence-corrected chi connectivity index (χ0v) is 24.2. The molecule has 45 heavy (non-hydrogen) atoms. The molecule has 0 fully saturated rings. The SMILES string of the molecule is COC(=O)C1=C(C(=O)OC)C2(c3ccccc3-c3ccccc32)C2(c3cc([N+](=O)[O-])cc([N+](=O)[O-])c3)c3ccccc3CCN12. The predicted octanol–water partition coefficient (Wildman–Crippen LogP) is 5.19. The van der Waals surface area contributed by atoms with Crippen molar-refractivity contribution in [2.75, 3.05) is 20.8 Å². The van der Waals surface area contributed by atoms with E-state index in [1.165, 1.54) is 26.4 Å². The Bertz CT molecular complexity index is 1940. The van der Waals surface area contributed by atoms with Gasteiger partial charge in [0.15, 0.2) is 0 Å². The molecule has 1 aliphatic carbocycles. The summed E-state index contributed by atoms with van der Waals surface area (Å²) in [6.07, 6.45) is 0.448. The second-order valence-electron chi connectivity index (χ2n) is 11.1. The number of ether oxygens (including phenoxy) is 2.